The fourth-order valence-electron chi connectivity index (χ4n) is 6.53. The lowest BCUT2D eigenvalue weighted by Gasteiger charge is -2.25. The summed E-state index contributed by atoms with van der Waals surface area (Å²) in [6.45, 7) is 19.8. The highest BCUT2D eigenvalue weighted by molar-refractivity contribution is 5.86. The number of nitrogens with zero attached hydrogens (tertiary/aromatic N) is 4. The molecule has 2 aromatic heterocycles. The van der Waals surface area contributed by atoms with Gasteiger partial charge in [-0.15, -0.1) is 0 Å². The van der Waals surface area contributed by atoms with E-state index in [0.29, 0.717) is 0 Å². The molecule has 0 aliphatic heterocycles. The lowest BCUT2D eigenvalue weighted by atomic mass is 9.91. The Hall–Kier alpha value is -5.26. The Balaban J connectivity index is 1.39. The van der Waals surface area contributed by atoms with E-state index in [4.69, 9.17) is 0 Å². The third-order valence-electron chi connectivity index (χ3n) is 9.66. The molecule has 4 amide bonds. The lowest BCUT2D eigenvalue weighted by Crippen LogP contribution is -2.46. The standard InChI is InChI=1S/C44H62N8O4/c1-27(2)33(21-39(55)51(11)25-37(53)49-43(5,6)7)41-45-23-35(47-41)31-17-13-29(14-18-31)30-15-19-32(20-16-30)36-24-46-42(48-36)34(28(3)4)22-40(56)52(12)26-38(54)50-44(8,9)10/h13-20,23-24,27-28,33-34H,21-22,25-26H2,1-12H3,(H,45,47)(H,46,48)(H,49,53)(H,50,54)/t33-,34-/m0/s1. The van der Waals surface area contributed by atoms with Crippen molar-refractivity contribution in [3.05, 3.63) is 72.6 Å². The number of hydrogen-bond donors (Lipinski definition) is 4. The van der Waals surface area contributed by atoms with E-state index in [2.05, 4.69) is 107 Å². The van der Waals surface area contributed by atoms with Crippen molar-refractivity contribution in [2.24, 2.45) is 11.8 Å². The predicted molar refractivity (Wildman–Crippen MR) is 222 cm³/mol. The largest absolute Gasteiger partial charge is 0.350 e. The summed E-state index contributed by atoms with van der Waals surface area (Å²) in [5.74, 6) is 0.946. The molecule has 2 atom stereocenters. The van der Waals surface area contributed by atoms with Gasteiger partial charge < -0.3 is 30.4 Å². The average molecular weight is 767 g/mol. The first-order chi connectivity index (χ1) is 26.1. The first kappa shape index (κ1) is 43.5. The molecule has 0 radical (unpaired) electrons. The Morgan fingerprint density at radius 1 is 0.571 bits per heavy atom. The van der Waals surface area contributed by atoms with Crippen LogP contribution in [0.2, 0.25) is 0 Å². The van der Waals surface area contributed by atoms with Crippen molar-refractivity contribution < 1.29 is 19.2 Å². The Morgan fingerprint density at radius 2 is 0.875 bits per heavy atom. The fourth-order valence-corrected chi connectivity index (χ4v) is 6.53. The molecule has 302 valence electrons. The molecular formula is C44H62N8O4. The molecule has 0 fully saturated rings. The van der Waals surface area contributed by atoms with E-state index in [1.54, 1.807) is 14.1 Å². The monoisotopic (exact) mass is 766 g/mol. The van der Waals surface area contributed by atoms with E-state index in [1.807, 2.05) is 53.9 Å². The van der Waals surface area contributed by atoms with Crippen LogP contribution >= 0.6 is 0 Å². The van der Waals surface area contributed by atoms with Crippen LogP contribution in [0, 0.1) is 11.8 Å². The molecule has 56 heavy (non-hydrogen) atoms. The minimum Gasteiger partial charge on any atom is -0.350 e. The van der Waals surface area contributed by atoms with E-state index in [1.165, 1.54) is 9.80 Å². The molecule has 0 unspecified atom stereocenters. The number of aromatic amines is 2. The molecule has 2 heterocycles. The lowest BCUT2D eigenvalue weighted by molar-refractivity contribution is -0.135. The number of nitrogens with one attached hydrogen (secondary N) is 4. The number of imidazole rings is 2. The molecule has 0 aliphatic carbocycles. The number of likely N-dealkylation sites (N-methyl/N-ethyl adjacent to an activating group) is 2. The quantitative estimate of drug-likeness (QED) is 0.101. The maximum atomic E-state index is 13.1. The summed E-state index contributed by atoms with van der Waals surface area (Å²) < 4.78 is 0. The summed E-state index contributed by atoms with van der Waals surface area (Å²) in [4.78, 5) is 70.2. The van der Waals surface area contributed by atoms with Crippen molar-refractivity contribution >= 4 is 23.6 Å². The fraction of sp³-hybridized carbons (Fsp3) is 0.500. The molecule has 0 bridgehead atoms. The molecule has 4 N–H and O–H groups in total. The summed E-state index contributed by atoms with van der Waals surface area (Å²) in [7, 11) is 3.32. The molecule has 4 rings (SSSR count). The maximum absolute atomic E-state index is 13.1. The van der Waals surface area contributed by atoms with Crippen LogP contribution in [-0.4, -0.2) is 91.6 Å². The summed E-state index contributed by atoms with van der Waals surface area (Å²) in [5.41, 5.74) is 5.10. The summed E-state index contributed by atoms with van der Waals surface area (Å²) >= 11 is 0. The SMILES string of the molecule is CC(C)[C@H](CC(=O)N(C)CC(=O)NC(C)(C)C)c1ncc(-c2ccc(-c3ccc(-c4cnc([C@@H](CC(=O)N(C)CC(=O)NC(C)(C)C)C(C)C)[nH]4)cc3)cc2)[nH]1. The van der Waals surface area contributed by atoms with E-state index in [9.17, 15) is 19.2 Å². The Bertz CT molecular complexity index is 1800. The van der Waals surface area contributed by atoms with E-state index < -0.39 is 0 Å². The first-order valence-corrected chi connectivity index (χ1v) is 19.5. The van der Waals surface area contributed by atoms with Gasteiger partial charge >= 0.3 is 0 Å². The molecule has 4 aromatic rings. The summed E-state index contributed by atoms with van der Waals surface area (Å²) in [6, 6.07) is 16.5. The molecule has 0 aliphatic rings. The highest BCUT2D eigenvalue weighted by Gasteiger charge is 2.27. The molecule has 0 spiro atoms. The van der Waals surface area contributed by atoms with Crippen LogP contribution in [0.3, 0.4) is 0 Å². The zero-order valence-electron chi connectivity index (χ0n) is 35.3. The zero-order chi connectivity index (χ0) is 41.5. The van der Waals surface area contributed by atoms with Gasteiger partial charge in [-0.2, -0.15) is 0 Å². The van der Waals surface area contributed by atoms with Crippen molar-refractivity contribution in [2.75, 3.05) is 27.2 Å². The second-order valence-electron chi connectivity index (χ2n) is 17.7. The van der Waals surface area contributed by atoms with Crippen molar-refractivity contribution in [2.45, 2.75) is 105 Å². The molecule has 2 aromatic carbocycles. The third kappa shape index (κ3) is 12.4. The number of hydrogen-bond acceptors (Lipinski definition) is 6. The molecule has 12 heteroatoms. The van der Waals surface area contributed by atoms with Crippen molar-refractivity contribution in [3.63, 3.8) is 0 Å². The summed E-state index contributed by atoms with van der Waals surface area (Å²) in [5, 5.41) is 5.81. The minimum absolute atomic E-state index is 0.00597. The van der Waals surface area contributed by atoms with Gasteiger partial charge in [0.2, 0.25) is 23.6 Å². The highest BCUT2D eigenvalue weighted by Crippen LogP contribution is 2.32. The highest BCUT2D eigenvalue weighted by atomic mass is 16.2. The van der Waals surface area contributed by atoms with Gasteiger partial charge in [-0.05, 0) is 75.6 Å². The number of carbonyl (C=O) groups is 4. The second kappa shape index (κ2) is 18.1. The topological polar surface area (TPSA) is 156 Å². The Labute approximate surface area is 332 Å². The van der Waals surface area contributed by atoms with Crippen molar-refractivity contribution in [1.29, 1.82) is 0 Å². The number of benzene rings is 2. The van der Waals surface area contributed by atoms with E-state index >= 15 is 0 Å². The molecule has 12 nitrogen and oxygen atoms in total. The van der Waals surface area contributed by atoms with Crippen LogP contribution < -0.4 is 10.6 Å². The number of amides is 4. The number of H-pyrrole nitrogens is 2. The third-order valence-corrected chi connectivity index (χ3v) is 9.66. The second-order valence-corrected chi connectivity index (χ2v) is 17.7. The zero-order valence-corrected chi connectivity index (χ0v) is 35.3. The van der Waals surface area contributed by atoms with Crippen LogP contribution in [0.5, 0.6) is 0 Å². The van der Waals surface area contributed by atoms with E-state index in [-0.39, 0.29) is 84.3 Å². The van der Waals surface area contributed by atoms with Gasteiger partial charge in [-0.1, -0.05) is 76.2 Å². The smallest absolute Gasteiger partial charge is 0.240 e. The molecule has 0 saturated heterocycles. The predicted octanol–water partition coefficient (Wildman–Crippen LogP) is 7.14. The van der Waals surface area contributed by atoms with Gasteiger partial charge in [0.15, 0.2) is 0 Å². The number of rotatable bonds is 15. The van der Waals surface area contributed by atoms with Gasteiger partial charge in [0.25, 0.3) is 0 Å². The number of aromatic nitrogens is 4. The van der Waals surface area contributed by atoms with Crippen molar-refractivity contribution in [3.8, 4) is 33.6 Å². The van der Waals surface area contributed by atoms with Crippen LogP contribution in [0.25, 0.3) is 33.6 Å². The van der Waals surface area contributed by atoms with Gasteiger partial charge in [0.05, 0.1) is 36.9 Å². The van der Waals surface area contributed by atoms with Gasteiger partial charge in [-0.25, -0.2) is 9.97 Å². The van der Waals surface area contributed by atoms with E-state index in [0.717, 1.165) is 45.3 Å². The Kier molecular flexibility index (Phi) is 14.1. The van der Waals surface area contributed by atoms with Crippen LogP contribution in [0.4, 0.5) is 0 Å². The average Bonchev–Trinajstić information content (AvgIpc) is 3.78. The first-order valence-electron chi connectivity index (χ1n) is 19.5. The molecule has 0 saturated carbocycles. The summed E-state index contributed by atoms with van der Waals surface area (Å²) in [6.07, 6.45) is 4.10. The van der Waals surface area contributed by atoms with Gasteiger partial charge in [-0.3, -0.25) is 19.2 Å². The normalized spacial score (nSPS) is 13.0. The minimum atomic E-state index is -0.363. The van der Waals surface area contributed by atoms with Crippen LogP contribution in [-0.2, 0) is 19.2 Å². The molecular weight excluding hydrogens is 705 g/mol. The van der Waals surface area contributed by atoms with Crippen LogP contribution in [0.1, 0.15) is 106 Å². The van der Waals surface area contributed by atoms with Crippen LogP contribution in [0.15, 0.2) is 60.9 Å². The van der Waals surface area contributed by atoms with Crippen molar-refractivity contribution in [1.82, 2.24) is 40.4 Å². The van der Waals surface area contributed by atoms with Gasteiger partial charge in [0.1, 0.15) is 11.6 Å². The number of carbonyl (C=O) groups excluding carboxylic acids is 4. The van der Waals surface area contributed by atoms with Gasteiger partial charge in [0, 0.05) is 49.9 Å². The Morgan fingerprint density at radius 3 is 1.16 bits per heavy atom. The maximum Gasteiger partial charge on any atom is 0.240 e.